The van der Waals surface area contributed by atoms with Crippen molar-refractivity contribution in [2.45, 2.75) is 25.6 Å². The summed E-state index contributed by atoms with van der Waals surface area (Å²) in [5, 5.41) is 2.81. The van der Waals surface area contributed by atoms with E-state index in [1.165, 1.54) is 17.0 Å². The van der Waals surface area contributed by atoms with Gasteiger partial charge in [-0.1, -0.05) is 36.4 Å². The largest absolute Gasteiger partial charge is 0.457 e. The zero-order valence-electron chi connectivity index (χ0n) is 19.8. The highest BCUT2D eigenvalue weighted by Gasteiger charge is 2.37. The van der Waals surface area contributed by atoms with Crippen molar-refractivity contribution in [3.8, 4) is 11.5 Å². The molecule has 2 aliphatic rings. The number of likely N-dealkylation sites (N-methyl/N-ethyl adjacent to an activating group) is 1. The minimum absolute atomic E-state index is 0.0323. The Hall–Kier alpha value is -4.27. The van der Waals surface area contributed by atoms with Gasteiger partial charge in [-0.05, 0) is 54.5 Å². The highest BCUT2D eigenvalue weighted by atomic mass is 19.4. The van der Waals surface area contributed by atoms with E-state index < -0.39 is 23.9 Å². The summed E-state index contributed by atoms with van der Waals surface area (Å²) in [5.74, 6) is 0.184. The lowest BCUT2D eigenvalue weighted by Gasteiger charge is -2.17. The van der Waals surface area contributed by atoms with Crippen LogP contribution in [0.25, 0.3) is 11.6 Å². The van der Waals surface area contributed by atoms with Gasteiger partial charge in [0.05, 0.1) is 12.1 Å². The minimum Gasteiger partial charge on any atom is -0.457 e. The van der Waals surface area contributed by atoms with Crippen LogP contribution in [0.1, 0.15) is 29.2 Å². The molecule has 1 N–H and O–H groups in total. The number of alkyl halides is 3. The number of nitrogens with zero attached hydrogens (tertiary/aromatic N) is 1. The second-order valence-electron chi connectivity index (χ2n) is 8.79. The number of benzene rings is 3. The second kappa shape index (κ2) is 9.65. The smallest absolute Gasteiger partial charge is 0.416 e. The summed E-state index contributed by atoms with van der Waals surface area (Å²) in [5.41, 5.74) is 2.03. The van der Waals surface area contributed by atoms with E-state index in [2.05, 4.69) is 5.32 Å². The van der Waals surface area contributed by atoms with Crippen molar-refractivity contribution in [3.05, 3.63) is 89.0 Å². The van der Waals surface area contributed by atoms with E-state index in [-0.39, 0.29) is 30.2 Å². The number of carbonyl (C=O) groups is 2. The summed E-state index contributed by atoms with van der Waals surface area (Å²) in [6.07, 6.45) is -4.06. The molecule has 3 aromatic carbocycles. The summed E-state index contributed by atoms with van der Waals surface area (Å²) in [7, 11) is 0. The van der Waals surface area contributed by atoms with Crippen molar-refractivity contribution < 1.29 is 32.2 Å². The quantitative estimate of drug-likeness (QED) is 0.393. The molecule has 1 unspecified atom stereocenters. The molecule has 2 amide bonds. The van der Waals surface area contributed by atoms with Crippen LogP contribution in [-0.4, -0.2) is 36.1 Å². The van der Waals surface area contributed by atoms with Gasteiger partial charge < -0.3 is 19.7 Å². The van der Waals surface area contributed by atoms with Crippen LogP contribution < -0.4 is 10.1 Å². The molecule has 1 saturated heterocycles. The van der Waals surface area contributed by atoms with Crippen LogP contribution in [-0.2, 0) is 22.1 Å². The Kier molecular flexibility index (Phi) is 6.37. The number of anilines is 1. The molecule has 2 aliphatic heterocycles. The lowest BCUT2D eigenvalue weighted by atomic mass is 10.0. The zero-order chi connectivity index (χ0) is 26.2. The Morgan fingerprint density at radius 3 is 2.49 bits per heavy atom. The van der Waals surface area contributed by atoms with E-state index >= 15 is 0 Å². The van der Waals surface area contributed by atoms with Gasteiger partial charge in [-0.3, -0.25) is 4.79 Å². The Balaban J connectivity index is 1.33. The van der Waals surface area contributed by atoms with Gasteiger partial charge in [0.15, 0.2) is 0 Å². The number of carbonyl (C=O) groups excluding carboxylic acids is 2. The third kappa shape index (κ3) is 5.16. The van der Waals surface area contributed by atoms with Crippen LogP contribution in [0.3, 0.4) is 0 Å². The monoisotopic (exact) mass is 508 g/mol. The predicted molar refractivity (Wildman–Crippen MR) is 132 cm³/mol. The first-order chi connectivity index (χ1) is 17.7. The Labute approximate surface area is 211 Å². The van der Waals surface area contributed by atoms with Gasteiger partial charge in [0.25, 0.3) is 5.91 Å². The van der Waals surface area contributed by atoms with E-state index in [1.807, 2.05) is 24.3 Å². The molecule has 5 rings (SSSR count). The summed E-state index contributed by atoms with van der Waals surface area (Å²) in [6, 6.07) is 17.9. The first kappa shape index (κ1) is 24.4. The molecule has 0 aromatic heterocycles. The fourth-order valence-electron chi connectivity index (χ4n) is 4.46. The van der Waals surface area contributed by atoms with E-state index in [0.29, 0.717) is 17.9 Å². The minimum atomic E-state index is -4.60. The molecule has 0 radical (unpaired) electrons. The van der Waals surface area contributed by atoms with E-state index in [4.69, 9.17) is 9.47 Å². The molecule has 0 aliphatic carbocycles. The van der Waals surface area contributed by atoms with Gasteiger partial charge in [-0.15, -0.1) is 0 Å². The fraction of sp³-hybridized carbons (Fsp3) is 0.214. The second-order valence-corrected chi connectivity index (χ2v) is 8.79. The third-order valence-corrected chi connectivity index (χ3v) is 6.30. The average Bonchev–Trinajstić information content (AvgIpc) is 3.38. The van der Waals surface area contributed by atoms with Crippen LogP contribution in [0.4, 0.5) is 23.7 Å². The van der Waals surface area contributed by atoms with Crippen LogP contribution in [0.15, 0.2) is 66.7 Å². The normalized spacial score (nSPS) is 18.1. The SMILES string of the molecule is CCN1CC(Cc2ccc(Oc3ccc(C=C4C(=O)Nc5ccccc54)cc3)cc2C(F)(F)F)OC1=O. The molecule has 6 nitrogen and oxygen atoms in total. The first-order valence-corrected chi connectivity index (χ1v) is 11.8. The number of ether oxygens (including phenoxy) is 2. The van der Waals surface area contributed by atoms with Gasteiger partial charge in [0.2, 0.25) is 0 Å². The molecular weight excluding hydrogens is 485 g/mol. The molecular formula is C28H23F3N2O4. The van der Waals surface area contributed by atoms with Gasteiger partial charge in [-0.2, -0.15) is 13.2 Å². The number of hydrogen-bond donors (Lipinski definition) is 1. The van der Waals surface area contributed by atoms with Gasteiger partial charge in [0, 0.05) is 29.8 Å². The summed E-state index contributed by atoms with van der Waals surface area (Å²) < 4.78 is 52.4. The molecule has 1 fully saturated rings. The number of cyclic esters (lactones) is 1. The first-order valence-electron chi connectivity index (χ1n) is 11.8. The Bertz CT molecular complexity index is 1380. The van der Waals surface area contributed by atoms with Crippen molar-refractivity contribution >= 4 is 29.3 Å². The lowest BCUT2D eigenvalue weighted by molar-refractivity contribution is -0.138. The maximum Gasteiger partial charge on any atom is 0.416 e. The molecule has 0 bridgehead atoms. The third-order valence-electron chi connectivity index (χ3n) is 6.30. The summed E-state index contributed by atoms with van der Waals surface area (Å²) in [6.45, 7) is 2.47. The lowest BCUT2D eigenvalue weighted by Crippen LogP contribution is -2.25. The molecule has 1 atom stereocenters. The summed E-state index contributed by atoms with van der Waals surface area (Å²) >= 11 is 0. The summed E-state index contributed by atoms with van der Waals surface area (Å²) in [4.78, 5) is 25.5. The number of rotatable bonds is 6. The van der Waals surface area contributed by atoms with E-state index in [9.17, 15) is 22.8 Å². The van der Waals surface area contributed by atoms with Crippen LogP contribution in [0, 0.1) is 0 Å². The van der Waals surface area contributed by atoms with Crippen LogP contribution in [0.5, 0.6) is 11.5 Å². The van der Waals surface area contributed by atoms with Crippen LogP contribution >= 0.6 is 0 Å². The number of amides is 2. The van der Waals surface area contributed by atoms with Crippen molar-refractivity contribution in [3.63, 3.8) is 0 Å². The highest BCUT2D eigenvalue weighted by Crippen LogP contribution is 2.37. The highest BCUT2D eigenvalue weighted by molar-refractivity contribution is 6.34. The molecule has 0 spiro atoms. The zero-order valence-corrected chi connectivity index (χ0v) is 19.8. The topological polar surface area (TPSA) is 67.9 Å². The van der Waals surface area contributed by atoms with Gasteiger partial charge >= 0.3 is 12.3 Å². The van der Waals surface area contributed by atoms with Crippen molar-refractivity contribution in [2.24, 2.45) is 0 Å². The number of nitrogens with one attached hydrogen (secondary N) is 1. The predicted octanol–water partition coefficient (Wildman–Crippen LogP) is 6.37. The van der Waals surface area contributed by atoms with E-state index in [1.54, 1.807) is 37.3 Å². The number of fused-ring (bicyclic) bond motifs is 1. The molecule has 0 saturated carbocycles. The fourth-order valence-corrected chi connectivity index (χ4v) is 4.46. The van der Waals surface area contributed by atoms with Gasteiger partial charge in [0.1, 0.15) is 17.6 Å². The molecule has 37 heavy (non-hydrogen) atoms. The standard InChI is InChI=1S/C28H23F3N2O4/c1-2-33-16-21(37-27(33)35)14-18-9-12-20(15-24(18)28(29,30)31)36-19-10-7-17(8-11-19)13-23-22-5-3-4-6-25(22)32-26(23)34/h3-13,15,21H,2,14,16H2,1H3,(H,32,34). The maximum atomic E-state index is 13.8. The Morgan fingerprint density at radius 2 is 1.78 bits per heavy atom. The van der Waals surface area contributed by atoms with Gasteiger partial charge in [-0.25, -0.2) is 4.79 Å². The van der Waals surface area contributed by atoms with E-state index in [0.717, 1.165) is 22.9 Å². The number of halogens is 3. The van der Waals surface area contributed by atoms with Crippen molar-refractivity contribution in [1.82, 2.24) is 4.90 Å². The molecule has 2 heterocycles. The number of para-hydroxylation sites is 1. The molecule has 3 aromatic rings. The van der Waals surface area contributed by atoms with Crippen molar-refractivity contribution in [2.75, 3.05) is 18.4 Å². The molecule has 190 valence electrons. The average molecular weight is 508 g/mol. The Morgan fingerprint density at radius 1 is 1.05 bits per heavy atom. The molecule has 9 heteroatoms. The number of hydrogen-bond acceptors (Lipinski definition) is 4. The maximum absolute atomic E-state index is 13.8. The van der Waals surface area contributed by atoms with Crippen molar-refractivity contribution in [1.29, 1.82) is 0 Å². The van der Waals surface area contributed by atoms with Crippen LogP contribution in [0.2, 0.25) is 0 Å².